The van der Waals surface area contributed by atoms with Crippen molar-refractivity contribution in [3.63, 3.8) is 0 Å². The van der Waals surface area contributed by atoms with Crippen LogP contribution in [-0.2, 0) is 0 Å². The summed E-state index contributed by atoms with van der Waals surface area (Å²) >= 11 is 0. The van der Waals surface area contributed by atoms with Crippen LogP contribution >= 0.6 is 0 Å². The van der Waals surface area contributed by atoms with Crippen molar-refractivity contribution in [1.29, 1.82) is 0 Å². The molecule has 6 heteroatoms. The Kier molecular flexibility index (Phi) is 3.33. The summed E-state index contributed by atoms with van der Waals surface area (Å²) in [5, 5.41) is 0. The van der Waals surface area contributed by atoms with E-state index in [-0.39, 0.29) is 22.7 Å². The van der Waals surface area contributed by atoms with E-state index in [2.05, 4.69) is 0 Å². The van der Waals surface area contributed by atoms with Crippen LogP contribution in [0.15, 0.2) is 36.4 Å². The van der Waals surface area contributed by atoms with Gasteiger partial charge in [-0.05, 0) is 30.3 Å². The maximum Gasteiger partial charge on any atom is 0.248 e. The molecule has 2 aromatic rings. The van der Waals surface area contributed by atoms with E-state index in [4.69, 9.17) is 16.2 Å². The summed E-state index contributed by atoms with van der Waals surface area (Å²) in [6, 6.07) is 7.30. The molecule has 1 amide bonds. The topological polar surface area (TPSA) is 78.3 Å². The van der Waals surface area contributed by atoms with Gasteiger partial charge in [-0.15, -0.1) is 0 Å². The molecule has 2 aromatic carbocycles. The normalized spacial score (nSPS) is 10.2. The maximum absolute atomic E-state index is 13.0. The molecule has 0 unspecified atom stereocenters. The number of amides is 1. The molecule has 4 nitrogen and oxygen atoms in total. The largest absolute Gasteiger partial charge is 0.455 e. The number of nitrogen functional groups attached to an aromatic ring is 1. The third-order valence-corrected chi connectivity index (χ3v) is 2.41. The van der Waals surface area contributed by atoms with Gasteiger partial charge in [-0.1, -0.05) is 0 Å². The van der Waals surface area contributed by atoms with Crippen LogP contribution in [0.4, 0.5) is 14.5 Å². The molecule has 4 N–H and O–H groups in total. The lowest BCUT2D eigenvalue weighted by atomic mass is 10.2. The number of rotatable bonds is 3. The molecule has 0 heterocycles. The Labute approximate surface area is 107 Å². The molecular weight excluding hydrogens is 254 g/mol. The lowest BCUT2D eigenvalue weighted by molar-refractivity contribution is 0.100. The van der Waals surface area contributed by atoms with Gasteiger partial charge in [0.05, 0.1) is 5.69 Å². The summed E-state index contributed by atoms with van der Waals surface area (Å²) in [4.78, 5) is 10.9. The van der Waals surface area contributed by atoms with Gasteiger partial charge in [0.15, 0.2) is 11.6 Å². The molecule has 0 fully saturated rings. The zero-order valence-electron chi connectivity index (χ0n) is 9.69. The minimum Gasteiger partial charge on any atom is -0.455 e. The van der Waals surface area contributed by atoms with Gasteiger partial charge in [0.1, 0.15) is 11.5 Å². The highest BCUT2D eigenvalue weighted by atomic mass is 19.2. The predicted molar refractivity (Wildman–Crippen MR) is 65.8 cm³/mol. The maximum atomic E-state index is 13.0. The van der Waals surface area contributed by atoms with E-state index >= 15 is 0 Å². The van der Waals surface area contributed by atoms with Crippen molar-refractivity contribution in [3.05, 3.63) is 53.6 Å². The molecule has 0 aliphatic carbocycles. The second-order valence-electron chi connectivity index (χ2n) is 3.79. The number of halogens is 2. The highest BCUT2D eigenvalue weighted by molar-refractivity contribution is 5.94. The molecule has 0 bridgehead atoms. The fourth-order valence-electron chi connectivity index (χ4n) is 1.46. The fourth-order valence-corrected chi connectivity index (χ4v) is 1.46. The minimum absolute atomic E-state index is 0.0948. The average molecular weight is 264 g/mol. The molecule has 0 aromatic heterocycles. The number of benzene rings is 2. The van der Waals surface area contributed by atoms with Crippen LogP contribution in [0.25, 0.3) is 0 Å². The van der Waals surface area contributed by atoms with Crippen molar-refractivity contribution in [2.24, 2.45) is 5.73 Å². The predicted octanol–water partition coefficient (Wildman–Crippen LogP) is 2.44. The molecule has 0 aliphatic heterocycles. The van der Waals surface area contributed by atoms with Crippen molar-refractivity contribution in [2.45, 2.75) is 0 Å². The molecule has 0 saturated carbocycles. The van der Waals surface area contributed by atoms with E-state index in [0.29, 0.717) is 0 Å². The monoisotopic (exact) mass is 264 g/mol. The summed E-state index contributed by atoms with van der Waals surface area (Å²) < 4.78 is 31.1. The Hall–Kier alpha value is -2.63. The Morgan fingerprint density at radius 2 is 1.79 bits per heavy atom. The van der Waals surface area contributed by atoms with Crippen molar-refractivity contribution in [3.8, 4) is 11.5 Å². The summed E-state index contributed by atoms with van der Waals surface area (Å²) in [7, 11) is 0. The zero-order valence-corrected chi connectivity index (χ0v) is 9.69. The number of ether oxygens (including phenoxy) is 1. The van der Waals surface area contributed by atoms with E-state index in [1.165, 1.54) is 24.3 Å². The quantitative estimate of drug-likeness (QED) is 0.836. The van der Waals surface area contributed by atoms with Gasteiger partial charge in [-0.25, -0.2) is 8.78 Å². The molecule has 19 heavy (non-hydrogen) atoms. The first-order valence-electron chi connectivity index (χ1n) is 5.29. The Bertz CT molecular complexity index is 645. The minimum atomic E-state index is -1.02. The number of hydrogen-bond acceptors (Lipinski definition) is 3. The third-order valence-electron chi connectivity index (χ3n) is 2.41. The fraction of sp³-hybridized carbons (Fsp3) is 0. The van der Waals surface area contributed by atoms with Gasteiger partial charge in [0.25, 0.3) is 0 Å². The Morgan fingerprint density at radius 3 is 2.37 bits per heavy atom. The van der Waals surface area contributed by atoms with Gasteiger partial charge < -0.3 is 16.2 Å². The van der Waals surface area contributed by atoms with Gasteiger partial charge in [-0.3, -0.25) is 4.79 Å². The van der Waals surface area contributed by atoms with Gasteiger partial charge in [0, 0.05) is 11.6 Å². The van der Waals surface area contributed by atoms with Crippen molar-refractivity contribution < 1.29 is 18.3 Å². The molecule has 0 spiro atoms. The number of nitrogens with two attached hydrogens (primary N) is 2. The number of hydrogen-bond donors (Lipinski definition) is 2. The first-order chi connectivity index (χ1) is 8.97. The van der Waals surface area contributed by atoms with Gasteiger partial charge in [0.2, 0.25) is 5.91 Å². The number of carbonyl (C=O) groups is 1. The van der Waals surface area contributed by atoms with Crippen molar-refractivity contribution in [1.82, 2.24) is 0 Å². The van der Waals surface area contributed by atoms with Crippen molar-refractivity contribution >= 4 is 11.6 Å². The highest BCUT2D eigenvalue weighted by Gasteiger charge is 2.08. The van der Waals surface area contributed by atoms with Crippen LogP contribution in [0.2, 0.25) is 0 Å². The van der Waals surface area contributed by atoms with Crippen LogP contribution in [0.3, 0.4) is 0 Å². The molecule has 0 aliphatic rings. The SMILES string of the molecule is NC(=O)c1ccc(Oc2ccc(F)c(F)c2)c(N)c1. The molecule has 0 radical (unpaired) electrons. The standard InChI is InChI=1S/C13H10F2N2O2/c14-9-3-2-8(6-10(9)15)19-12-4-1-7(13(17)18)5-11(12)16/h1-6H,16H2,(H2,17,18). The van der Waals surface area contributed by atoms with E-state index in [1.807, 2.05) is 0 Å². The van der Waals surface area contributed by atoms with E-state index in [9.17, 15) is 13.6 Å². The third kappa shape index (κ3) is 2.79. The van der Waals surface area contributed by atoms with Crippen molar-refractivity contribution in [2.75, 3.05) is 5.73 Å². The average Bonchev–Trinajstić information content (AvgIpc) is 2.36. The van der Waals surface area contributed by atoms with Gasteiger partial charge in [-0.2, -0.15) is 0 Å². The Morgan fingerprint density at radius 1 is 1.05 bits per heavy atom. The van der Waals surface area contributed by atoms with Crippen LogP contribution < -0.4 is 16.2 Å². The lowest BCUT2D eigenvalue weighted by Crippen LogP contribution is -2.11. The lowest BCUT2D eigenvalue weighted by Gasteiger charge is -2.09. The van der Waals surface area contributed by atoms with E-state index < -0.39 is 17.5 Å². The molecule has 2 rings (SSSR count). The Balaban J connectivity index is 2.28. The smallest absolute Gasteiger partial charge is 0.248 e. The number of carbonyl (C=O) groups excluding carboxylic acids is 1. The summed E-state index contributed by atoms with van der Waals surface area (Å²) in [5.41, 5.74) is 11.2. The number of anilines is 1. The first-order valence-corrected chi connectivity index (χ1v) is 5.29. The zero-order chi connectivity index (χ0) is 14.0. The molecule has 0 atom stereocenters. The van der Waals surface area contributed by atoms with Crippen LogP contribution in [-0.4, -0.2) is 5.91 Å². The molecular formula is C13H10F2N2O2. The summed E-state index contributed by atoms with van der Waals surface area (Å²) in [6.45, 7) is 0. The van der Waals surface area contributed by atoms with Crippen LogP contribution in [0.1, 0.15) is 10.4 Å². The highest BCUT2D eigenvalue weighted by Crippen LogP contribution is 2.28. The summed E-state index contributed by atoms with van der Waals surface area (Å²) in [5.74, 6) is -2.30. The van der Waals surface area contributed by atoms with Gasteiger partial charge >= 0.3 is 0 Å². The van der Waals surface area contributed by atoms with E-state index in [0.717, 1.165) is 12.1 Å². The molecule has 98 valence electrons. The van der Waals surface area contributed by atoms with Crippen LogP contribution in [0, 0.1) is 11.6 Å². The van der Waals surface area contributed by atoms with E-state index in [1.54, 1.807) is 0 Å². The number of primary amides is 1. The molecule has 0 saturated heterocycles. The first kappa shape index (κ1) is 12.8. The second-order valence-corrected chi connectivity index (χ2v) is 3.79. The van der Waals surface area contributed by atoms with Crippen LogP contribution in [0.5, 0.6) is 11.5 Å². The second kappa shape index (κ2) is 4.93. The summed E-state index contributed by atoms with van der Waals surface area (Å²) in [6.07, 6.45) is 0.